The Kier molecular flexibility index (Phi) is 2.63. The van der Waals surface area contributed by atoms with Crippen molar-refractivity contribution in [1.82, 2.24) is 19.7 Å². The third-order valence-corrected chi connectivity index (χ3v) is 3.69. The minimum atomic E-state index is -1.05. The number of benzene rings is 1. The number of aromatic nitrogens is 4. The second kappa shape index (κ2) is 4.20. The third-order valence-electron chi connectivity index (χ3n) is 2.92. The number of hydrogen-bond donors (Lipinski definition) is 2. The van der Waals surface area contributed by atoms with Crippen LogP contribution >= 0.6 is 15.9 Å². The Bertz CT molecular complexity index is 790. The first kappa shape index (κ1) is 11.9. The SMILES string of the molecule is Cn1cnc2cc(-c3n[nH]c(C(=O)O)c3Br)ccc21. The van der Waals surface area contributed by atoms with Crippen LogP contribution in [-0.2, 0) is 7.05 Å². The molecule has 6 nitrogen and oxygen atoms in total. The maximum atomic E-state index is 11.0. The van der Waals surface area contributed by atoms with Gasteiger partial charge in [0.2, 0.25) is 0 Å². The molecule has 3 rings (SSSR count). The fourth-order valence-electron chi connectivity index (χ4n) is 1.94. The molecule has 19 heavy (non-hydrogen) atoms. The van der Waals surface area contributed by atoms with E-state index < -0.39 is 5.97 Å². The standard InChI is InChI=1S/C12H9BrN4O2/c1-17-5-14-7-4-6(2-3-8(7)17)10-9(13)11(12(18)19)16-15-10/h2-5H,1H3,(H,15,16)(H,18,19). The van der Waals surface area contributed by atoms with Crippen molar-refractivity contribution in [2.45, 2.75) is 0 Å². The zero-order chi connectivity index (χ0) is 13.6. The largest absolute Gasteiger partial charge is 0.476 e. The van der Waals surface area contributed by atoms with Gasteiger partial charge in [-0.05, 0) is 28.1 Å². The summed E-state index contributed by atoms with van der Waals surface area (Å²) >= 11 is 3.26. The lowest BCUT2D eigenvalue weighted by atomic mass is 10.1. The van der Waals surface area contributed by atoms with Crippen LogP contribution in [0.2, 0.25) is 0 Å². The first-order chi connectivity index (χ1) is 9.08. The van der Waals surface area contributed by atoms with Crippen molar-refractivity contribution in [3.8, 4) is 11.3 Å². The van der Waals surface area contributed by atoms with Crippen LogP contribution in [-0.4, -0.2) is 30.8 Å². The van der Waals surface area contributed by atoms with Crippen molar-refractivity contribution in [3.63, 3.8) is 0 Å². The van der Waals surface area contributed by atoms with Crippen LogP contribution in [0.4, 0.5) is 0 Å². The molecule has 7 heteroatoms. The van der Waals surface area contributed by atoms with E-state index in [-0.39, 0.29) is 5.69 Å². The maximum Gasteiger partial charge on any atom is 0.355 e. The molecule has 0 amide bonds. The Morgan fingerprint density at radius 3 is 2.95 bits per heavy atom. The third kappa shape index (κ3) is 1.82. The molecule has 0 radical (unpaired) electrons. The number of nitrogens with one attached hydrogen (secondary N) is 1. The lowest BCUT2D eigenvalue weighted by Gasteiger charge is -1.99. The number of fused-ring (bicyclic) bond motifs is 1. The molecule has 0 unspecified atom stereocenters. The van der Waals surface area contributed by atoms with Crippen LogP contribution in [0.1, 0.15) is 10.5 Å². The molecule has 0 atom stereocenters. The van der Waals surface area contributed by atoms with E-state index in [0.717, 1.165) is 16.6 Å². The first-order valence-corrected chi connectivity index (χ1v) is 6.26. The molecular formula is C12H9BrN4O2. The van der Waals surface area contributed by atoms with Gasteiger partial charge in [0.1, 0.15) is 5.69 Å². The Labute approximate surface area is 116 Å². The van der Waals surface area contributed by atoms with Crippen LogP contribution in [0.15, 0.2) is 29.0 Å². The topological polar surface area (TPSA) is 83.8 Å². The van der Waals surface area contributed by atoms with Crippen molar-refractivity contribution in [3.05, 3.63) is 34.7 Å². The zero-order valence-corrected chi connectivity index (χ0v) is 11.5. The average molecular weight is 321 g/mol. The number of aryl methyl sites for hydroxylation is 1. The fourth-order valence-corrected chi connectivity index (χ4v) is 2.52. The summed E-state index contributed by atoms with van der Waals surface area (Å²) in [4.78, 5) is 15.2. The molecule has 2 heterocycles. The van der Waals surface area contributed by atoms with Gasteiger partial charge in [0, 0.05) is 12.6 Å². The zero-order valence-electron chi connectivity index (χ0n) is 9.88. The minimum Gasteiger partial charge on any atom is -0.476 e. The van der Waals surface area contributed by atoms with E-state index in [9.17, 15) is 4.79 Å². The molecule has 3 aromatic rings. The van der Waals surface area contributed by atoms with Gasteiger partial charge in [-0.15, -0.1) is 0 Å². The average Bonchev–Trinajstić information content (AvgIpc) is 2.93. The highest BCUT2D eigenvalue weighted by molar-refractivity contribution is 9.10. The smallest absolute Gasteiger partial charge is 0.355 e. The molecule has 0 spiro atoms. The van der Waals surface area contributed by atoms with Crippen molar-refractivity contribution >= 4 is 32.9 Å². The van der Waals surface area contributed by atoms with Gasteiger partial charge in [-0.3, -0.25) is 5.10 Å². The summed E-state index contributed by atoms with van der Waals surface area (Å²) in [5.74, 6) is -1.05. The monoisotopic (exact) mass is 320 g/mol. The van der Waals surface area contributed by atoms with Gasteiger partial charge < -0.3 is 9.67 Å². The summed E-state index contributed by atoms with van der Waals surface area (Å²) in [6, 6.07) is 5.69. The molecule has 1 aromatic carbocycles. The van der Waals surface area contributed by atoms with Crippen molar-refractivity contribution in [1.29, 1.82) is 0 Å². The second-order valence-electron chi connectivity index (χ2n) is 4.13. The predicted molar refractivity (Wildman–Crippen MR) is 73.0 cm³/mol. The number of halogens is 1. The van der Waals surface area contributed by atoms with Crippen molar-refractivity contribution in [2.24, 2.45) is 7.05 Å². The Hall–Kier alpha value is -2.15. The molecule has 96 valence electrons. The fraction of sp³-hybridized carbons (Fsp3) is 0.0833. The summed E-state index contributed by atoms with van der Waals surface area (Å²) in [6.45, 7) is 0. The van der Waals surface area contributed by atoms with E-state index in [1.165, 1.54) is 0 Å². The van der Waals surface area contributed by atoms with Gasteiger partial charge in [-0.25, -0.2) is 9.78 Å². The molecule has 0 bridgehead atoms. The second-order valence-corrected chi connectivity index (χ2v) is 4.92. The number of carboxylic acids is 1. The van der Waals surface area contributed by atoms with Gasteiger partial charge in [0.25, 0.3) is 0 Å². The number of carbonyl (C=O) groups is 1. The Balaban J connectivity index is 2.16. The van der Waals surface area contributed by atoms with Crippen LogP contribution in [0, 0.1) is 0 Å². The molecule has 0 aliphatic rings. The number of hydrogen-bond acceptors (Lipinski definition) is 3. The van der Waals surface area contributed by atoms with E-state index in [2.05, 4.69) is 31.1 Å². The van der Waals surface area contributed by atoms with Crippen LogP contribution in [0.3, 0.4) is 0 Å². The predicted octanol–water partition coefficient (Wildman–Crippen LogP) is 2.42. The number of rotatable bonds is 2. The van der Waals surface area contributed by atoms with E-state index in [1.807, 2.05) is 29.8 Å². The van der Waals surface area contributed by atoms with Gasteiger partial charge in [0.15, 0.2) is 5.69 Å². The van der Waals surface area contributed by atoms with Crippen LogP contribution < -0.4 is 0 Å². The molecule has 0 saturated heterocycles. The molecular weight excluding hydrogens is 312 g/mol. The number of carboxylic acid groups (broad SMARTS) is 1. The van der Waals surface area contributed by atoms with Gasteiger partial charge in [-0.1, -0.05) is 6.07 Å². The number of imidazole rings is 1. The maximum absolute atomic E-state index is 11.0. The van der Waals surface area contributed by atoms with Gasteiger partial charge >= 0.3 is 5.97 Å². The summed E-state index contributed by atoms with van der Waals surface area (Å²) < 4.78 is 2.36. The van der Waals surface area contributed by atoms with Gasteiger partial charge in [-0.2, -0.15) is 5.10 Å². The van der Waals surface area contributed by atoms with Crippen molar-refractivity contribution in [2.75, 3.05) is 0 Å². The number of H-pyrrole nitrogens is 1. The molecule has 0 saturated carbocycles. The minimum absolute atomic E-state index is 0.0381. The summed E-state index contributed by atoms with van der Waals surface area (Å²) in [7, 11) is 1.92. The summed E-state index contributed by atoms with van der Waals surface area (Å²) in [5, 5.41) is 15.5. The number of nitrogens with zero attached hydrogens (tertiary/aromatic N) is 3. The van der Waals surface area contributed by atoms with E-state index >= 15 is 0 Å². The van der Waals surface area contributed by atoms with Gasteiger partial charge in [0.05, 0.1) is 21.8 Å². The Morgan fingerprint density at radius 1 is 1.47 bits per heavy atom. The van der Waals surface area contributed by atoms with Crippen LogP contribution in [0.5, 0.6) is 0 Å². The first-order valence-electron chi connectivity index (χ1n) is 5.46. The molecule has 2 aromatic heterocycles. The quantitative estimate of drug-likeness (QED) is 0.759. The highest BCUT2D eigenvalue weighted by Crippen LogP contribution is 2.30. The molecule has 2 N–H and O–H groups in total. The summed E-state index contributed by atoms with van der Waals surface area (Å²) in [6.07, 6.45) is 1.73. The number of aromatic amines is 1. The molecule has 0 aliphatic carbocycles. The molecule has 0 fully saturated rings. The lowest BCUT2D eigenvalue weighted by Crippen LogP contribution is -1.96. The highest BCUT2D eigenvalue weighted by Gasteiger charge is 2.17. The lowest BCUT2D eigenvalue weighted by molar-refractivity contribution is 0.0689. The highest BCUT2D eigenvalue weighted by atomic mass is 79.9. The van der Waals surface area contributed by atoms with Crippen LogP contribution in [0.25, 0.3) is 22.3 Å². The number of aromatic carboxylic acids is 1. The van der Waals surface area contributed by atoms with E-state index in [0.29, 0.717) is 10.2 Å². The molecule has 0 aliphatic heterocycles. The van der Waals surface area contributed by atoms with E-state index in [4.69, 9.17) is 5.11 Å². The summed E-state index contributed by atoms with van der Waals surface area (Å²) in [5.41, 5.74) is 3.25. The van der Waals surface area contributed by atoms with Crippen molar-refractivity contribution < 1.29 is 9.90 Å². The van der Waals surface area contributed by atoms with E-state index in [1.54, 1.807) is 6.33 Å². The normalized spacial score (nSPS) is 11.1. The Morgan fingerprint density at radius 2 is 2.26 bits per heavy atom.